The maximum Gasteiger partial charge on any atom is 0.224 e. The van der Waals surface area contributed by atoms with E-state index in [1.807, 2.05) is 4.90 Å². The molecular weight excluding hydrogens is 294 g/mol. The Hall–Kier alpha value is -1.14. The molecule has 0 aromatic heterocycles. The Morgan fingerprint density at radius 2 is 1.74 bits per heavy atom. The third-order valence-corrected chi connectivity index (χ3v) is 4.97. The van der Waals surface area contributed by atoms with Crippen LogP contribution in [0.3, 0.4) is 0 Å². The lowest BCUT2D eigenvalue weighted by atomic mass is 9.99. The molecule has 2 rings (SSSR count). The molecule has 0 spiro atoms. The molecule has 0 N–H and O–H groups in total. The van der Waals surface area contributed by atoms with E-state index in [1.54, 1.807) is 11.8 Å². The summed E-state index contributed by atoms with van der Waals surface area (Å²) in [6, 6.07) is 0. The Balaban J connectivity index is 1.71. The van der Waals surface area contributed by atoms with E-state index in [2.05, 4.69) is 11.8 Å². The van der Waals surface area contributed by atoms with Crippen molar-refractivity contribution in [2.24, 2.45) is 5.92 Å². The van der Waals surface area contributed by atoms with Gasteiger partial charge >= 0.3 is 0 Å². The number of nitrogens with zero attached hydrogens (tertiary/aromatic N) is 3. The van der Waals surface area contributed by atoms with E-state index in [0.29, 0.717) is 19.5 Å². The summed E-state index contributed by atoms with van der Waals surface area (Å²) in [5.74, 6) is 0.967. The predicted molar refractivity (Wildman–Crippen MR) is 89.1 cm³/mol. The Kier molecular flexibility index (Phi) is 7.30. The molecule has 6 heteroatoms. The smallest absolute Gasteiger partial charge is 0.224 e. The SMILES string of the molecule is CC(=O)N(CCC(=O)N1CCC(C)CC1)CCN1CCOCC1. The van der Waals surface area contributed by atoms with Gasteiger partial charge < -0.3 is 14.5 Å². The van der Waals surface area contributed by atoms with E-state index in [0.717, 1.165) is 64.7 Å². The van der Waals surface area contributed by atoms with Crippen LogP contribution in [0.1, 0.15) is 33.1 Å². The summed E-state index contributed by atoms with van der Waals surface area (Å²) in [5.41, 5.74) is 0. The van der Waals surface area contributed by atoms with Crippen molar-refractivity contribution in [3.63, 3.8) is 0 Å². The standard InChI is InChI=1S/C17H31N3O3/c1-15-3-6-20(7-4-15)17(22)5-8-19(16(2)21)10-9-18-11-13-23-14-12-18/h15H,3-14H2,1-2H3. The largest absolute Gasteiger partial charge is 0.379 e. The molecule has 132 valence electrons. The zero-order chi connectivity index (χ0) is 16.7. The molecule has 0 aliphatic carbocycles. The van der Waals surface area contributed by atoms with Crippen LogP contribution in [0.4, 0.5) is 0 Å². The molecule has 0 bridgehead atoms. The Morgan fingerprint density at radius 3 is 2.35 bits per heavy atom. The fourth-order valence-electron chi connectivity index (χ4n) is 3.16. The van der Waals surface area contributed by atoms with Crippen LogP contribution in [0.5, 0.6) is 0 Å². The minimum atomic E-state index is 0.0540. The summed E-state index contributed by atoms with van der Waals surface area (Å²) in [5, 5.41) is 0. The van der Waals surface area contributed by atoms with E-state index in [1.165, 1.54) is 0 Å². The van der Waals surface area contributed by atoms with Crippen LogP contribution in [0, 0.1) is 5.92 Å². The highest BCUT2D eigenvalue weighted by molar-refractivity contribution is 5.78. The number of likely N-dealkylation sites (tertiary alicyclic amines) is 1. The average Bonchev–Trinajstić information content (AvgIpc) is 2.56. The van der Waals surface area contributed by atoms with Crippen LogP contribution in [-0.4, -0.2) is 85.5 Å². The lowest BCUT2D eigenvalue weighted by Crippen LogP contribution is -2.44. The first-order valence-electron chi connectivity index (χ1n) is 8.89. The number of morpholine rings is 1. The van der Waals surface area contributed by atoms with Gasteiger partial charge in [0.25, 0.3) is 0 Å². The zero-order valence-corrected chi connectivity index (χ0v) is 14.6. The molecule has 2 saturated heterocycles. The number of piperidine rings is 1. The quantitative estimate of drug-likeness (QED) is 0.725. The molecular formula is C17H31N3O3. The second kappa shape index (κ2) is 9.23. The van der Waals surface area contributed by atoms with E-state index in [-0.39, 0.29) is 11.8 Å². The number of rotatable bonds is 6. The molecule has 6 nitrogen and oxygen atoms in total. The monoisotopic (exact) mass is 325 g/mol. The van der Waals surface area contributed by atoms with Gasteiger partial charge in [-0.3, -0.25) is 14.5 Å². The number of ether oxygens (including phenoxy) is 1. The number of hydrogen-bond donors (Lipinski definition) is 0. The molecule has 0 atom stereocenters. The number of hydrogen-bond acceptors (Lipinski definition) is 4. The maximum atomic E-state index is 12.3. The molecule has 23 heavy (non-hydrogen) atoms. The van der Waals surface area contributed by atoms with E-state index >= 15 is 0 Å². The molecule has 2 aliphatic rings. The highest BCUT2D eigenvalue weighted by Gasteiger charge is 2.21. The minimum Gasteiger partial charge on any atom is -0.379 e. The Bertz CT molecular complexity index is 389. The molecule has 2 heterocycles. The van der Waals surface area contributed by atoms with Crippen molar-refractivity contribution in [3.05, 3.63) is 0 Å². The predicted octanol–water partition coefficient (Wildman–Crippen LogP) is 0.816. The third-order valence-electron chi connectivity index (χ3n) is 4.97. The van der Waals surface area contributed by atoms with E-state index in [9.17, 15) is 9.59 Å². The highest BCUT2D eigenvalue weighted by atomic mass is 16.5. The highest BCUT2D eigenvalue weighted by Crippen LogP contribution is 2.16. The van der Waals surface area contributed by atoms with Crippen molar-refractivity contribution < 1.29 is 14.3 Å². The van der Waals surface area contributed by atoms with Gasteiger partial charge in [0.05, 0.1) is 13.2 Å². The maximum absolute atomic E-state index is 12.3. The molecule has 2 amide bonds. The first kappa shape index (κ1) is 18.2. The van der Waals surface area contributed by atoms with E-state index < -0.39 is 0 Å². The minimum absolute atomic E-state index is 0.0540. The van der Waals surface area contributed by atoms with Crippen molar-refractivity contribution in [2.75, 3.05) is 59.0 Å². The first-order valence-corrected chi connectivity index (χ1v) is 8.89. The van der Waals surface area contributed by atoms with Gasteiger partial charge in [-0.25, -0.2) is 0 Å². The van der Waals surface area contributed by atoms with Gasteiger partial charge in [-0.05, 0) is 18.8 Å². The van der Waals surface area contributed by atoms with Crippen LogP contribution in [0.2, 0.25) is 0 Å². The number of carbonyl (C=O) groups is 2. The van der Waals surface area contributed by atoms with Gasteiger partial charge in [0.15, 0.2) is 0 Å². The van der Waals surface area contributed by atoms with Crippen LogP contribution >= 0.6 is 0 Å². The van der Waals surface area contributed by atoms with Gasteiger partial charge in [-0.1, -0.05) is 6.92 Å². The molecule has 2 fully saturated rings. The summed E-state index contributed by atoms with van der Waals surface area (Å²) >= 11 is 0. The van der Waals surface area contributed by atoms with Gasteiger partial charge in [-0.2, -0.15) is 0 Å². The summed E-state index contributed by atoms with van der Waals surface area (Å²) in [6.07, 6.45) is 2.63. The molecule has 0 radical (unpaired) electrons. The van der Waals surface area contributed by atoms with Gasteiger partial charge in [0.2, 0.25) is 11.8 Å². The first-order chi connectivity index (χ1) is 11.1. The normalized spacial score (nSPS) is 20.5. The van der Waals surface area contributed by atoms with Crippen molar-refractivity contribution in [1.29, 1.82) is 0 Å². The van der Waals surface area contributed by atoms with E-state index in [4.69, 9.17) is 4.74 Å². The number of amides is 2. The summed E-state index contributed by atoms with van der Waals surface area (Å²) in [6.45, 7) is 11.0. The van der Waals surface area contributed by atoms with Gasteiger partial charge in [0, 0.05) is 59.2 Å². The topological polar surface area (TPSA) is 53.1 Å². The molecule has 0 saturated carbocycles. The average molecular weight is 325 g/mol. The van der Waals surface area contributed by atoms with Crippen molar-refractivity contribution in [2.45, 2.75) is 33.1 Å². The fraction of sp³-hybridized carbons (Fsp3) is 0.882. The van der Waals surface area contributed by atoms with Crippen LogP contribution in [0.25, 0.3) is 0 Å². The third kappa shape index (κ3) is 6.11. The van der Waals surface area contributed by atoms with Crippen molar-refractivity contribution in [3.8, 4) is 0 Å². The van der Waals surface area contributed by atoms with Crippen molar-refractivity contribution >= 4 is 11.8 Å². The second-order valence-corrected chi connectivity index (χ2v) is 6.77. The molecule has 2 aliphatic heterocycles. The van der Waals surface area contributed by atoms with Gasteiger partial charge in [0.1, 0.15) is 0 Å². The number of carbonyl (C=O) groups excluding carboxylic acids is 2. The molecule has 0 aromatic carbocycles. The Labute approximate surface area is 139 Å². The van der Waals surface area contributed by atoms with Crippen LogP contribution < -0.4 is 0 Å². The van der Waals surface area contributed by atoms with Crippen LogP contribution in [0.15, 0.2) is 0 Å². The van der Waals surface area contributed by atoms with Crippen LogP contribution in [-0.2, 0) is 14.3 Å². The van der Waals surface area contributed by atoms with Gasteiger partial charge in [-0.15, -0.1) is 0 Å². The summed E-state index contributed by atoms with van der Waals surface area (Å²) < 4.78 is 5.34. The summed E-state index contributed by atoms with van der Waals surface area (Å²) in [7, 11) is 0. The molecule has 0 aromatic rings. The zero-order valence-electron chi connectivity index (χ0n) is 14.6. The second-order valence-electron chi connectivity index (χ2n) is 6.77. The Morgan fingerprint density at radius 1 is 1.09 bits per heavy atom. The summed E-state index contributed by atoms with van der Waals surface area (Å²) in [4.78, 5) is 30.2. The fourth-order valence-corrected chi connectivity index (χ4v) is 3.16. The van der Waals surface area contributed by atoms with Crippen molar-refractivity contribution in [1.82, 2.24) is 14.7 Å². The molecule has 0 unspecified atom stereocenters. The lowest BCUT2D eigenvalue weighted by Gasteiger charge is -2.32. The lowest BCUT2D eigenvalue weighted by molar-refractivity contribution is -0.134.